The van der Waals surface area contributed by atoms with Crippen molar-refractivity contribution in [2.75, 3.05) is 11.1 Å². The van der Waals surface area contributed by atoms with E-state index in [-0.39, 0.29) is 22.2 Å². The van der Waals surface area contributed by atoms with Crippen LogP contribution in [-0.2, 0) is 0 Å². The van der Waals surface area contributed by atoms with Gasteiger partial charge in [0.05, 0.1) is 16.8 Å². The number of hydrogen-bond donors (Lipinski definition) is 2. The van der Waals surface area contributed by atoms with Crippen molar-refractivity contribution in [2.24, 2.45) is 0 Å². The Hall–Kier alpha value is -2.21. The first-order chi connectivity index (χ1) is 8.56. The zero-order chi connectivity index (χ0) is 13.1. The van der Waals surface area contributed by atoms with E-state index in [1.54, 1.807) is 0 Å². The molecule has 3 N–H and O–H groups in total. The third kappa shape index (κ3) is 2.72. The monoisotopic (exact) mass is 266 g/mol. The Morgan fingerprint density at radius 2 is 2.11 bits per heavy atom. The average molecular weight is 267 g/mol. The van der Waals surface area contributed by atoms with E-state index in [2.05, 4.69) is 15.3 Å². The number of pyridine rings is 2. The molecule has 1 amide bonds. The summed E-state index contributed by atoms with van der Waals surface area (Å²) in [5.41, 5.74) is 5.67. The number of nitrogen functional groups attached to an aromatic ring is 1. The average Bonchev–Trinajstić information content (AvgIpc) is 2.35. The van der Waals surface area contributed by atoms with Crippen LogP contribution in [0.4, 0.5) is 16.0 Å². The summed E-state index contributed by atoms with van der Waals surface area (Å²) in [6.45, 7) is 0. The third-order valence-electron chi connectivity index (χ3n) is 2.10. The minimum atomic E-state index is -0.481. The van der Waals surface area contributed by atoms with Gasteiger partial charge in [-0.15, -0.1) is 0 Å². The lowest BCUT2D eigenvalue weighted by Crippen LogP contribution is -2.13. The predicted molar refractivity (Wildman–Crippen MR) is 65.8 cm³/mol. The highest BCUT2D eigenvalue weighted by Gasteiger charge is 2.09. The number of nitrogens with zero attached hydrogens (tertiary/aromatic N) is 2. The highest BCUT2D eigenvalue weighted by molar-refractivity contribution is 6.33. The molecule has 0 radical (unpaired) electrons. The molecule has 0 fully saturated rings. The molecule has 7 heteroatoms. The zero-order valence-electron chi connectivity index (χ0n) is 9.02. The summed E-state index contributed by atoms with van der Waals surface area (Å²) in [7, 11) is 0. The van der Waals surface area contributed by atoms with Gasteiger partial charge in [0.25, 0.3) is 5.91 Å². The quantitative estimate of drug-likeness (QED) is 0.872. The van der Waals surface area contributed by atoms with Crippen molar-refractivity contribution in [3.05, 3.63) is 47.0 Å². The molecule has 2 aromatic heterocycles. The predicted octanol–water partition coefficient (Wildman–Crippen LogP) is 2.10. The lowest BCUT2D eigenvalue weighted by atomic mass is 10.2. The van der Waals surface area contributed by atoms with Crippen LogP contribution in [0.2, 0.25) is 5.02 Å². The van der Waals surface area contributed by atoms with Crippen LogP contribution >= 0.6 is 11.6 Å². The summed E-state index contributed by atoms with van der Waals surface area (Å²) in [6.07, 6.45) is 2.30. The van der Waals surface area contributed by atoms with Crippen molar-refractivity contribution in [3.8, 4) is 0 Å². The summed E-state index contributed by atoms with van der Waals surface area (Å²) in [4.78, 5) is 19.2. The second-order valence-electron chi connectivity index (χ2n) is 3.41. The van der Waals surface area contributed by atoms with Crippen LogP contribution in [0.15, 0.2) is 30.6 Å². The Labute approximate surface area is 107 Å². The molecule has 0 aliphatic carbocycles. The van der Waals surface area contributed by atoms with Crippen LogP contribution in [0.25, 0.3) is 0 Å². The van der Waals surface area contributed by atoms with Crippen molar-refractivity contribution >= 4 is 29.1 Å². The van der Waals surface area contributed by atoms with Crippen molar-refractivity contribution in [2.45, 2.75) is 0 Å². The van der Waals surface area contributed by atoms with Gasteiger partial charge < -0.3 is 11.1 Å². The normalized spacial score (nSPS) is 10.1. The fourth-order valence-electron chi connectivity index (χ4n) is 1.21. The smallest absolute Gasteiger partial charge is 0.258 e. The van der Waals surface area contributed by atoms with Gasteiger partial charge in [0.1, 0.15) is 17.5 Å². The van der Waals surface area contributed by atoms with Gasteiger partial charge in [-0.1, -0.05) is 11.6 Å². The molecule has 0 bridgehead atoms. The maximum Gasteiger partial charge on any atom is 0.258 e. The van der Waals surface area contributed by atoms with Gasteiger partial charge in [-0.2, -0.15) is 0 Å². The van der Waals surface area contributed by atoms with E-state index < -0.39 is 11.7 Å². The van der Waals surface area contributed by atoms with E-state index in [1.807, 2.05) is 0 Å². The van der Waals surface area contributed by atoms with Gasteiger partial charge in [0.15, 0.2) is 0 Å². The fraction of sp³-hybridized carbons (Fsp3) is 0. The first-order valence-corrected chi connectivity index (χ1v) is 5.28. The van der Waals surface area contributed by atoms with Crippen LogP contribution in [0.1, 0.15) is 10.4 Å². The molecule has 0 unspecified atom stereocenters. The number of carbonyl (C=O) groups excluding carboxylic acids is 1. The SMILES string of the molecule is Nc1ncc(C(=O)Nc2ccc(F)cn2)cc1Cl. The van der Waals surface area contributed by atoms with Gasteiger partial charge in [0.2, 0.25) is 0 Å². The van der Waals surface area contributed by atoms with Crippen LogP contribution in [0, 0.1) is 5.82 Å². The van der Waals surface area contributed by atoms with Crippen LogP contribution in [0.5, 0.6) is 0 Å². The molecule has 92 valence electrons. The molecule has 2 heterocycles. The van der Waals surface area contributed by atoms with E-state index >= 15 is 0 Å². The summed E-state index contributed by atoms with van der Waals surface area (Å²) >= 11 is 5.75. The Balaban J connectivity index is 2.16. The van der Waals surface area contributed by atoms with Crippen LogP contribution in [-0.4, -0.2) is 15.9 Å². The number of hydrogen-bond acceptors (Lipinski definition) is 4. The molecule has 0 aliphatic heterocycles. The van der Waals surface area contributed by atoms with E-state index in [0.29, 0.717) is 0 Å². The Morgan fingerprint density at radius 3 is 2.72 bits per heavy atom. The number of nitrogens with two attached hydrogens (primary N) is 1. The summed E-state index contributed by atoms with van der Waals surface area (Å²) in [5, 5.41) is 2.67. The summed E-state index contributed by atoms with van der Waals surface area (Å²) < 4.78 is 12.6. The van der Waals surface area contributed by atoms with Gasteiger partial charge in [-0.25, -0.2) is 14.4 Å². The molecule has 2 rings (SSSR count). The Kier molecular flexibility index (Phi) is 3.38. The molecule has 5 nitrogen and oxygen atoms in total. The van der Waals surface area contributed by atoms with Gasteiger partial charge in [-0.05, 0) is 18.2 Å². The van der Waals surface area contributed by atoms with Gasteiger partial charge in [-0.3, -0.25) is 4.79 Å². The van der Waals surface area contributed by atoms with Gasteiger partial charge in [0, 0.05) is 6.20 Å². The van der Waals surface area contributed by atoms with Gasteiger partial charge >= 0.3 is 0 Å². The number of amides is 1. The first kappa shape index (κ1) is 12.3. The van der Waals surface area contributed by atoms with Crippen molar-refractivity contribution in [1.82, 2.24) is 9.97 Å². The molecule has 18 heavy (non-hydrogen) atoms. The largest absolute Gasteiger partial charge is 0.382 e. The molecular weight excluding hydrogens is 259 g/mol. The Morgan fingerprint density at radius 1 is 1.33 bits per heavy atom. The first-order valence-electron chi connectivity index (χ1n) is 4.90. The minimum Gasteiger partial charge on any atom is -0.382 e. The van der Waals surface area contributed by atoms with E-state index in [0.717, 1.165) is 6.20 Å². The number of anilines is 2. The molecule has 0 aromatic carbocycles. The highest BCUT2D eigenvalue weighted by atomic mass is 35.5. The number of halogens is 2. The maximum absolute atomic E-state index is 12.6. The topological polar surface area (TPSA) is 80.9 Å². The lowest BCUT2D eigenvalue weighted by Gasteiger charge is -2.05. The second-order valence-corrected chi connectivity index (χ2v) is 3.81. The zero-order valence-corrected chi connectivity index (χ0v) is 9.78. The number of aromatic nitrogens is 2. The van der Waals surface area contributed by atoms with E-state index in [1.165, 1.54) is 24.4 Å². The second kappa shape index (κ2) is 4.97. The van der Waals surface area contributed by atoms with Crippen LogP contribution < -0.4 is 11.1 Å². The van der Waals surface area contributed by atoms with Crippen molar-refractivity contribution in [1.29, 1.82) is 0 Å². The highest BCUT2D eigenvalue weighted by Crippen LogP contribution is 2.17. The van der Waals surface area contributed by atoms with E-state index in [9.17, 15) is 9.18 Å². The molecule has 0 saturated carbocycles. The number of nitrogens with one attached hydrogen (secondary N) is 1. The van der Waals surface area contributed by atoms with Crippen molar-refractivity contribution in [3.63, 3.8) is 0 Å². The van der Waals surface area contributed by atoms with E-state index in [4.69, 9.17) is 17.3 Å². The molecule has 2 aromatic rings. The summed E-state index contributed by atoms with van der Waals surface area (Å²) in [5.74, 6) is -0.559. The molecule has 0 saturated heterocycles. The number of carbonyl (C=O) groups is 1. The third-order valence-corrected chi connectivity index (χ3v) is 2.40. The van der Waals surface area contributed by atoms with Crippen LogP contribution in [0.3, 0.4) is 0 Å². The van der Waals surface area contributed by atoms with Crippen molar-refractivity contribution < 1.29 is 9.18 Å². The standard InChI is InChI=1S/C11H8ClFN4O/c12-8-3-6(4-16-10(8)14)11(18)17-9-2-1-7(13)5-15-9/h1-5H,(H2,14,16)(H,15,17,18). The minimum absolute atomic E-state index is 0.146. The summed E-state index contributed by atoms with van der Waals surface area (Å²) in [6, 6.07) is 3.93. The molecule has 0 aliphatic rings. The molecular formula is C11H8ClFN4O. The Bertz CT molecular complexity index is 588. The molecule has 0 atom stereocenters. The molecule has 0 spiro atoms. The maximum atomic E-state index is 12.6. The fourth-order valence-corrected chi connectivity index (χ4v) is 1.38. The number of rotatable bonds is 2. The lowest BCUT2D eigenvalue weighted by molar-refractivity contribution is 0.102.